The van der Waals surface area contributed by atoms with Crippen molar-refractivity contribution >= 4 is 45.1 Å². The summed E-state index contributed by atoms with van der Waals surface area (Å²) < 4.78 is 0.888. The zero-order valence-corrected chi connectivity index (χ0v) is 15.8. The number of thiocarbonyl (C=S) groups is 1. The molecule has 2 aromatic carbocycles. The van der Waals surface area contributed by atoms with Crippen molar-refractivity contribution in [1.82, 2.24) is 10.2 Å². The maximum atomic E-state index is 12.3. The molecule has 0 saturated carbocycles. The molecule has 3 N–H and O–H groups in total. The Hall–Kier alpha value is -2.25. The molecule has 0 aromatic heterocycles. The first-order chi connectivity index (χ1) is 12.0. The summed E-state index contributed by atoms with van der Waals surface area (Å²) in [5, 5.41) is 2.97. The van der Waals surface area contributed by atoms with Crippen molar-refractivity contribution in [3.8, 4) is 0 Å². The molecule has 2 amide bonds. The molecule has 2 aromatic rings. The fraction of sp³-hybridized carbons (Fsp3) is 0.167. The van der Waals surface area contributed by atoms with E-state index in [1.807, 2.05) is 30.3 Å². The zero-order valence-electron chi connectivity index (χ0n) is 13.4. The molecule has 0 unspecified atom stereocenters. The number of hydrogen-bond donors (Lipinski definition) is 2. The van der Waals surface area contributed by atoms with Crippen molar-refractivity contribution in [1.29, 1.82) is 0 Å². The number of nitrogens with one attached hydrogen (secondary N) is 1. The second-order valence-electron chi connectivity index (χ2n) is 5.39. The molecular formula is C18H18BrN3O2S. The maximum Gasteiger partial charge on any atom is 0.257 e. The van der Waals surface area contributed by atoms with E-state index >= 15 is 0 Å². The summed E-state index contributed by atoms with van der Waals surface area (Å²) >= 11 is 8.69. The van der Waals surface area contributed by atoms with Crippen molar-refractivity contribution < 1.29 is 9.59 Å². The van der Waals surface area contributed by atoms with Crippen LogP contribution in [-0.2, 0) is 11.3 Å². The third-order valence-electron chi connectivity index (χ3n) is 3.46. The van der Waals surface area contributed by atoms with E-state index in [1.54, 1.807) is 29.2 Å². The number of nitrogens with zero attached hydrogens (tertiary/aromatic N) is 1. The van der Waals surface area contributed by atoms with Gasteiger partial charge in [-0.05, 0) is 42.0 Å². The highest BCUT2D eigenvalue weighted by atomic mass is 79.9. The number of halogens is 1. The van der Waals surface area contributed by atoms with Gasteiger partial charge in [0.1, 0.15) is 0 Å². The molecule has 0 saturated heterocycles. The number of carbonyl (C=O) groups is 2. The summed E-state index contributed by atoms with van der Waals surface area (Å²) in [4.78, 5) is 25.2. The summed E-state index contributed by atoms with van der Waals surface area (Å²) in [5.41, 5.74) is 6.76. The van der Waals surface area contributed by atoms with Crippen LogP contribution < -0.4 is 11.1 Å². The molecule has 0 spiro atoms. The largest absolute Gasteiger partial charge is 0.370 e. The van der Waals surface area contributed by atoms with Gasteiger partial charge in [0.05, 0.1) is 0 Å². The molecule has 0 radical (unpaired) electrons. The first-order valence-electron chi connectivity index (χ1n) is 7.64. The number of primary amides is 1. The minimum Gasteiger partial charge on any atom is -0.370 e. The summed E-state index contributed by atoms with van der Waals surface area (Å²) in [6, 6.07) is 16.6. The first-order valence-corrected chi connectivity index (χ1v) is 8.84. The lowest BCUT2D eigenvalue weighted by atomic mass is 10.2. The van der Waals surface area contributed by atoms with Gasteiger partial charge < -0.3 is 10.6 Å². The molecule has 0 fully saturated rings. The molecule has 0 aliphatic rings. The van der Waals surface area contributed by atoms with Crippen molar-refractivity contribution in [2.45, 2.75) is 13.0 Å². The quantitative estimate of drug-likeness (QED) is 0.705. The van der Waals surface area contributed by atoms with Gasteiger partial charge in [-0.15, -0.1) is 0 Å². The van der Waals surface area contributed by atoms with E-state index in [1.165, 1.54) is 0 Å². The predicted octanol–water partition coefficient (Wildman–Crippen LogP) is 2.84. The fourth-order valence-electron chi connectivity index (χ4n) is 2.15. The van der Waals surface area contributed by atoms with Gasteiger partial charge in [0, 0.05) is 29.5 Å². The third kappa shape index (κ3) is 6.28. The fourth-order valence-corrected chi connectivity index (χ4v) is 2.66. The Morgan fingerprint density at radius 1 is 1.08 bits per heavy atom. The molecule has 0 bridgehead atoms. The van der Waals surface area contributed by atoms with Crippen molar-refractivity contribution in [2.24, 2.45) is 5.73 Å². The minimum atomic E-state index is -0.417. The molecule has 7 heteroatoms. The van der Waals surface area contributed by atoms with Crippen LogP contribution in [0.2, 0.25) is 0 Å². The van der Waals surface area contributed by atoms with Crippen LogP contribution >= 0.6 is 28.1 Å². The number of benzene rings is 2. The molecule has 0 atom stereocenters. The Morgan fingerprint density at radius 2 is 1.72 bits per heavy atom. The lowest BCUT2D eigenvalue weighted by Gasteiger charge is -2.25. The molecule has 25 heavy (non-hydrogen) atoms. The van der Waals surface area contributed by atoms with E-state index in [9.17, 15) is 9.59 Å². The van der Waals surface area contributed by atoms with Crippen LogP contribution in [0.1, 0.15) is 22.3 Å². The average molecular weight is 420 g/mol. The highest BCUT2D eigenvalue weighted by Gasteiger charge is 2.15. The number of hydrogen-bond acceptors (Lipinski definition) is 3. The van der Waals surface area contributed by atoms with E-state index in [0.717, 1.165) is 10.0 Å². The van der Waals surface area contributed by atoms with Crippen LogP contribution in [0, 0.1) is 0 Å². The van der Waals surface area contributed by atoms with Gasteiger partial charge in [0.15, 0.2) is 5.11 Å². The van der Waals surface area contributed by atoms with Crippen LogP contribution in [0.5, 0.6) is 0 Å². The molecule has 5 nitrogen and oxygen atoms in total. The molecule has 0 aliphatic heterocycles. The van der Waals surface area contributed by atoms with Crippen LogP contribution in [0.4, 0.5) is 0 Å². The van der Waals surface area contributed by atoms with E-state index in [2.05, 4.69) is 21.2 Å². The zero-order chi connectivity index (χ0) is 18.2. The maximum absolute atomic E-state index is 12.3. The average Bonchev–Trinajstić information content (AvgIpc) is 2.59. The van der Waals surface area contributed by atoms with Gasteiger partial charge in [-0.25, -0.2) is 0 Å². The molecular weight excluding hydrogens is 402 g/mol. The minimum absolute atomic E-state index is 0.154. The summed E-state index contributed by atoms with van der Waals surface area (Å²) in [6.07, 6.45) is 0.154. The van der Waals surface area contributed by atoms with Gasteiger partial charge in [0.2, 0.25) is 5.91 Å². The van der Waals surface area contributed by atoms with Crippen LogP contribution in [0.3, 0.4) is 0 Å². The van der Waals surface area contributed by atoms with Gasteiger partial charge in [-0.3, -0.25) is 14.9 Å². The first kappa shape index (κ1) is 19.1. The smallest absolute Gasteiger partial charge is 0.257 e. The Balaban J connectivity index is 2.06. The van der Waals surface area contributed by atoms with E-state index in [4.69, 9.17) is 18.0 Å². The van der Waals surface area contributed by atoms with Gasteiger partial charge >= 0.3 is 0 Å². The van der Waals surface area contributed by atoms with Crippen LogP contribution in [0.15, 0.2) is 59.1 Å². The number of amides is 2. The summed E-state index contributed by atoms with van der Waals surface area (Å²) in [5.74, 6) is -0.713. The van der Waals surface area contributed by atoms with Crippen LogP contribution in [0.25, 0.3) is 0 Å². The third-order valence-corrected chi connectivity index (χ3v) is 4.35. The SMILES string of the molecule is NC(=O)CCN(Cc1ccccc1)C(=S)NC(=O)c1ccc(Br)cc1. The Kier molecular flexibility index (Phi) is 7.09. The molecule has 2 rings (SSSR count). The molecule has 0 aliphatic carbocycles. The van der Waals surface area contributed by atoms with Crippen LogP contribution in [-0.4, -0.2) is 28.4 Å². The van der Waals surface area contributed by atoms with Crippen molar-refractivity contribution in [3.05, 3.63) is 70.2 Å². The standard InChI is InChI=1S/C18H18BrN3O2S/c19-15-8-6-14(7-9-15)17(24)21-18(25)22(11-10-16(20)23)12-13-4-2-1-3-5-13/h1-9H,10-12H2,(H2,20,23)(H,21,24,25). The Morgan fingerprint density at radius 3 is 2.32 bits per heavy atom. The molecule has 0 heterocycles. The molecule has 130 valence electrons. The van der Waals surface area contributed by atoms with E-state index < -0.39 is 5.91 Å². The second-order valence-corrected chi connectivity index (χ2v) is 6.69. The van der Waals surface area contributed by atoms with E-state index in [0.29, 0.717) is 18.7 Å². The van der Waals surface area contributed by atoms with Gasteiger partial charge in [-0.2, -0.15) is 0 Å². The highest BCUT2D eigenvalue weighted by Crippen LogP contribution is 2.11. The Bertz CT molecular complexity index is 751. The number of rotatable bonds is 6. The number of carbonyl (C=O) groups excluding carboxylic acids is 2. The lowest BCUT2D eigenvalue weighted by molar-refractivity contribution is -0.118. The van der Waals surface area contributed by atoms with Crippen molar-refractivity contribution in [2.75, 3.05) is 6.54 Å². The summed E-state index contributed by atoms with van der Waals surface area (Å²) in [6.45, 7) is 0.817. The Labute approximate surface area is 160 Å². The number of nitrogens with two attached hydrogens (primary N) is 1. The summed E-state index contributed by atoms with van der Waals surface area (Å²) in [7, 11) is 0. The topological polar surface area (TPSA) is 75.4 Å². The van der Waals surface area contributed by atoms with Gasteiger partial charge in [0.25, 0.3) is 5.91 Å². The second kappa shape index (κ2) is 9.29. The normalized spacial score (nSPS) is 10.1. The monoisotopic (exact) mass is 419 g/mol. The van der Waals surface area contributed by atoms with E-state index in [-0.39, 0.29) is 17.4 Å². The van der Waals surface area contributed by atoms with Gasteiger partial charge in [-0.1, -0.05) is 46.3 Å². The highest BCUT2D eigenvalue weighted by molar-refractivity contribution is 9.10. The van der Waals surface area contributed by atoms with Crippen molar-refractivity contribution in [3.63, 3.8) is 0 Å². The predicted molar refractivity (Wildman–Crippen MR) is 105 cm³/mol. The lowest BCUT2D eigenvalue weighted by Crippen LogP contribution is -2.43.